The van der Waals surface area contributed by atoms with Gasteiger partial charge in [0.1, 0.15) is 17.2 Å². The van der Waals surface area contributed by atoms with E-state index in [2.05, 4.69) is 20.7 Å². The van der Waals surface area contributed by atoms with Gasteiger partial charge in [-0.1, -0.05) is 17.4 Å². The number of methoxy groups -OCH3 is 1. The SMILES string of the molecule is CCN(CC)C(=O)Cn1cc(C)c(Nc2ncc(C(=O)Nc3c(C)ccc(OC)c3C)s2)n1. The van der Waals surface area contributed by atoms with Crippen LogP contribution in [-0.4, -0.2) is 51.7 Å². The molecule has 0 aliphatic carbocycles. The smallest absolute Gasteiger partial charge is 0.267 e. The van der Waals surface area contributed by atoms with E-state index in [-0.39, 0.29) is 18.4 Å². The zero-order chi connectivity index (χ0) is 24.1. The Balaban J connectivity index is 1.70. The van der Waals surface area contributed by atoms with Gasteiger partial charge in [-0.15, -0.1) is 0 Å². The monoisotopic (exact) mass is 470 g/mol. The maximum absolute atomic E-state index is 12.8. The lowest BCUT2D eigenvalue weighted by Crippen LogP contribution is -2.33. The Morgan fingerprint density at radius 3 is 2.55 bits per heavy atom. The molecule has 33 heavy (non-hydrogen) atoms. The number of ether oxygens (including phenoxy) is 1. The fourth-order valence-corrected chi connectivity index (χ4v) is 4.21. The Bertz CT molecular complexity index is 1150. The number of aromatic nitrogens is 3. The second-order valence-electron chi connectivity index (χ2n) is 7.62. The number of nitrogens with zero attached hydrogens (tertiary/aromatic N) is 4. The molecule has 2 heterocycles. The fourth-order valence-electron chi connectivity index (χ4n) is 3.50. The minimum Gasteiger partial charge on any atom is -0.496 e. The van der Waals surface area contributed by atoms with Gasteiger partial charge in [0, 0.05) is 30.4 Å². The average Bonchev–Trinajstić information content (AvgIpc) is 3.38. The van der Waals surface area contributed by atoms with E-state index in [1.165, 1.54) is 17.5 Å². The van der Waals surface area contributed by atoms with Crippen LogP contribution in [0, 0.1) is 20.8 Å². The van der Waals surface area contributed by atoms with Gasteiger partial charge in [-0.2, -0.15) is 5.10 Å². The van der Waals surface area contributed by atoms with Crippen molar-refractivity contribution in [3.8, 4) is 5.75 Å². The zero-order valence-electron chi connectivity index (χ0n) is 19.9. The summed E-state index contributed by atoms with van der Waals surface area (Å²) in [6.07, 6.45) is 3.35. The van der Waals surface area contributed by atoms with Crippen LogP contribution in [0.15, 0.2) is 24.5 Å². The molecule has 0 saturated heterocycles. The molecule has 0 spiro atoms. The van der Waals surface area contributed by atoms with E-state index >= 15 is 0 Å². The molecule has 0 saturated carbocycles. The van der Waals surface area contributed by atoms with Crippen molar-refractivity contribution in [3.05, 3.63) is 46.1 Å². The van der Waals surface area contributed by atoms with Crippen LogP contribution in [0.5, 0.6) is 5.75 Å². The van der Waals surface area contributed by atoms with Gasteiger partial charge < -0.3 is 20.3 Å². The van der Waals surface area contributed by atoms with Gasteiger partial charge in [-0.05, 0) is 46.2 Å². The summed E-state index contributed by atoms with van der Waals surface area (Å²) in [6, 6.07) is 3.79. The predicted octanol–water partition coefficient (Wildman–Crippen LogP) is 4.14. The van der Waals surface area contributed by atoms with Crippen molar-refractivity contribution in [1.29, 1.82) is 0 Å². The van der Waals surface area contributed by atoms with E-state index in [4.69, 9.17) is 4.74 Å². The van der Waals surface area contributed by atoms with Crippen molar-refractivity contribution in [2.24, 2.45) is 0 Å². The Morgan fingerprint density at radius 2 is 1.88 bits per heavy atom. The van der Waals surface area contributed by atoms with Gasteiger partial charge in [0.15, 0.2) is 10.9 Å². The molecule has 0 atom stereocenters. The maximum Gasteiger partial charge on any atom is 0.267 e. The van der Waals surface area contributed by atoms with Crippen molar-refractivity contribution in [2.45, 2.75) is 41.2 Å². The summed E-state index contributed by atoms with van der Waals surface area (Å²) >= 11 is 1.23. The van der Waals surface area contributed by atoms with Crippen molar-refractivity contribution >= 4 is 39.8 Å². The molecule has 10 heteroatoms. The third-order valence-electron chi connectivity index (χ3n) is 5.39. The first-order valence-electron chi connectivity index (χ1n) is 10.8. The topological polar surface area (TPSA) is 101 Å². The van der Waals surface area contributed by atoms with Crippen molar-refractivity contribution in [1.82, 2.24) is 19.7 Å². The van der Waals surface area contributed by atoms with Crippen LogP contribution in [0.3, 0.4) is 0 Å². The first-order valence-corrected chi connectivity index (χ1v) is 11.6. The molecule has 0 aliphatic rings. The van der Waals surface area contributed by atoms with Crippen LogP contribution >= 0.6 is 11.3 Å². The van der Waals surface area contributed by atoms with Crippen LogP contribution in [0.1, 0.15) is 40.2 Å². The van der Waals surface area contributed by atoms with Gasteiger partial charge in [-0.25, -0.2) is 4.98 Å². The Hall–Kier alpha value is -3.40. The Kier molecular flexibility index (Phi) is 7.70. The van der Waals surface area contributed by atoms with Crippen LogP contribution in [0.4, 0.5) is 16.6 Å². The molecule has 2 amide bonds. The van der Waals surface area contributed by atoms with Crippen LogP contribution in [0.25, 0.3) is 0 Å². The lowest BCUT2D eigenvalue weighted by atomic mass is 10.1. The second kappa shape index (κ2) is 10.5. The number of carbonyl (C=O) groups is 2. The molecule has 9 nitrogen and oxygen atoms in total. The number of hydrogen-bond acceptors (Lipinski definition) is 7. The van der Waals surface area contributed by atoms with E-state index in [9.17, 15) is 9.59 Å². The molecule has 0 fully saturated rings. The molecule has 2 aromatic heterocycles. The molecule has 0 aliphatic heterocycles. The fraction of sp³-hybridized carbons (Fsp3) is 0.391. The first kappa shape index (κ1) is 24.2. The standard InChI is InChI=1S/C23H30N6O3S/c1-7-28(8-2)19(30)13-29-12-15(4)21(27-29)26-23-24-11-18(33-23)22(31)25-20-14(3)9-10-17(32-6)16(20)5/h9-12H,7-8,13H2,1-6H3,(H,25,31)(H,24,26,27). The van der Waals surface area contributed by atoms with Crippen molar-refractivity contribution in [3.63, 3.8) is 0 Å². The molecule has 0 bridgehead atoms. The number of hydrogen-bond donors (Lipinski definition) is 2. The summed E-state index contributed by atoms with van der Waals surface area (Å²) < 4.78 is 6.98. The highest BCUT2D eigenvalue weighted by Crippen LogP contribution is 2.30. The number of likely N-dealkylation sites (N-methyl/N-ethyl adjacent to an activating group) is 1. The molecule has 176 valence electrons. The summed E-state index contributed by atoms with van der Waals surface area (Å²) in [5.74, 6) is 1.09. The third kappa shape index (κ3) is 5.51. The molecular formula is C23H30N6O3S. The lowest BCUT2D eigenvalue weighted by molar-refractivity contribution is -0.131. The van der Waals surface area contributed by atoms with E-state index < -0.39 is 0 Å². The maximum atomic E-state index is 12.8. The summed E-state index contributed by atoms with van der Waals surface area (Å²) in [5, 5.41) is 11.1. The quantitative estimate of drug-likeness (QED) is 0.487. The molecular weight excluding hydrogens is 440 g/mol. The normalized spacial score (nSPS) is 10.7. The molecule has 2 N–H and O–H groups in total. The number of thiazole rings is 1. The number of nitrogens with one attached hydrogen (secondary N) is 2. The first-order chi connectivity index (χ1) is 15.8. The molecule has 0 unspecified atom stereocenters. The third-order valence-corrected chi connectivity index (χ3v) is 6.31. The number of amides is 2. The minimum absolute atomic E-state index is 0.0189. The number of benzene rings is 1. The largest absolute Gasteiger partial charge is 0.496 e. The molecule has 3 aromatic rings. The number of carbonyl (C=O) groups excluding carboxylic acids is 2. The predicted molar refractivity (Wildman–Crippen MR) is 131 cm³/mol. The Morgan fingerprint density at radius 1 is 1.15 bits per heavy atom. The van der Waals surface area contributed by atoms with Gasteiger partial charge >= 0.3 is 0 Å². The second-order valence-corrected chi connectivity index (χ2v) is 8.65. The van der Waals surface area contributed by atoms with Crippen LogP contribution in [0.2, 0.25) is 0 Å². The highest BCUT2D eigenvalue weighted by Gasteiger charge is 2.17. The number of aryl methyl sites for hydroxylation is 2. The van der Waals surface area contributed by atoms with E-state index in [0.717, 1.165) is 22.4 Å². The van der Waals surface area contributed by atoms with E-state index in [1.807, 2.05) is 52.9 Å². The molecule has 0 radical (unpaired) electrons. The van der Waals surface area contributed by atoms with Gasteiger partial charge in [-0.3, -0.25) is 14.3 Å². The molecule has 3 rings (SSSR count). The highest BCUT2D eigenvalue weighted by molar-refractivity contribution is 7.17. The van der Waals surface area contributed by atoms with Gasteiger partial charge in [0.2, 0.25) is 5.91 Å². The molecule has 1 aromatic carbocycles. The van der Waals surface area contributed by atoms with Crippen molar-refractivity contribution in [2.75, 3.05) is 30.8 Å². The van der Waals surface area contributed by atoms with Gasteiger partial charge in [0.25, 0.3) is 5.91 Å². The van der Waals surface area contributed by atoms with Crippen LogP contribution < -0.4 is 15.4 Å². The number of anilines is 3. The zero-order valence-corrected chi connectivity index (χ0v) is 20.7. The van der Waals surface area contributed by atoms with Gasteiger partial charge in [0.05, 0.1) is 19.0 Å². The van der Waals surface area contributed by atoms with E-state index in [1.54, 1.807) is 16.7 Å². The average molecular weight is 471 g/mol. The summed E-state index contributed by atoms with van der Waals surface area (Å²) in [6.45, 7) is 11.2. The van der Waals surface area contributed by atoms with Crippen LogP contribution in [-0.2, 0) is 11.3 Å². The van der Waals surface area contributed by atoms with Crippen molar-refractivity contribution < 1.29 is 14.3 Å². The lowest BCUT2D eigenvalue weighted by Gasteiger charge is -2.18. The summed E-state index contributed by atoms with van der Waals surface area (Å²) in [7, 11) is 1.60. The number of rotatable bonds is 9. The summed E-state index contributed by atoms with van der Waals surface area (Å²) in [5.41, 5.74) is 3.43. The Labute approximate surface area is 197 Å². The minimum atomic E-state index is -0.243. The van der Waals surface area contributed by atoms with E-state index in [0.29, 0.717) is 34.7 Å². The summed E-state index contributed by atoms with van der Waals surface area (Å²) in [4.78, 5) is 31.7. The highest BCUT2D eigenvalue weighted by atomic mass is 32.1.